The van der Waals surface area contributed by atoms with Crippen LogP contribution in [0.4, 0.5) is 0 Å². The Hall–Kier alpha value is -1.99. The molecule has 0 saturated heterocycles. The highest BCUT2D eigenvalue weighted by Gasteiger charge is 2.20. The van der Waals surface area contributed by atoms with Gasteiger partial charge in [0.1, 0.15) is 18.8 Å². The number of carboxylic acid groups (broad SMARTS) is 2. The molecule has 21 heavy (non-hydrogen) atoms. The summed E-state index contributed by atoms with van der Waals surface area (Å²) in [4.78, 5) is 33.6. The molecule has 0 aromatic heterocycles. The molecular formula is C12H11Cl2NO6. The lowest BCUT2D eigenvalue weighted by molar-refractivity contribution is -0.150. The van der Waals surface area contributed by atoms with Gasteiger partial charge >= 0.3 is 11.9 Å². The van der Waals surface area contributed by atoms with Gasteiger partial charge in [0.15, 0.2) is 6.61 Å². The number of amides is 1. The zero-order valence-electron chi connectivity index (χ0n) is 10.6. The number of carboxylic acids is 2. The molecular weight excluding hydrogens is 325 g/mol. The molecule has 0 unspecified atom stereocenters. The fourth-order valence-electron chi connectivity index (χ4n) is 1.38. The number of rotatable bonds is 7. The Kier molecular flexibility index (Phi) is 6.26. The number of carbonyl (C=O) groups is 3. The molecule has 0 radical (unpaired) electrons. The summed E-state index contributed by atoms with van der Waals surface area (Å²) in [6, 6.07) is 4.35. The van der Waals surface area contributed by atoms with E-state index in [0.29, 0.717) is 9.92 Å². The lowest BCUT2D eigenvalue weighted by Crippen LogP contribution is -2.41. The van der Waals surface area contributed by atoms with Crippen molar-refractivity contribution in [2.24, 2.45) is 0 Å². The summed E-state index contributed by atoms with van der Waals surface area (Å²) in [6.45, 7) is -2.01. The first-order chi connectivity index (χ1) is 9.79. The Morgan fingerprint density at radius 2 is 1.67 bits per heavy atom. The maximum absolute atomic E-state index is 11.8. The van der Waals surface area contributed by atoms with Crippen LogP contribution >= 0.6 is 23.2 Å². The predicted molar refractivity (Wildman–Crippen MR) is 73.8 cm³/mol. The highest BCUT2D eigenvalue weighted by atomic mass is 35.5. The third-order valence-electron chi connectivity index (χ3n) is 2.25. The molecule has 7 nitrogen and oxygen atoms in total. The number of carbonyl (C=O) groups excluding carboxylic acids is 1. The van der Waals surface area contributed by atoms with Gasteiger partial charge in [-0.25, -0.2) is 0 Å². The minimum Gasteiger partial charge on any atom is -0.482 e. The quantitative estimate of drug-likeness (QED) is 0.779. The van der Waals surface area contributed by atoms with Crippen LogP contribution < -0.4 is 4.74 Å². The second-order valence-corrected chi connectivity index (χ2v) is 4.74. The third kappa shape index (κ3) is 5.88. The second kappa shape index (κ2) is 7.70. The predicted octanol–water partition coefficient (Wildman–Crippen LogP) is 1.37. The Balaban J connectivity index is 2.68. The normalized spacial score (nSPS) is 10.0. The van der Waals surface area contributed by atoms with Gasteiger partial charge < -0.3 is 19.8 Å². The first-order valence-electron chi connectivity index (χ1n) is 5.59. The number of hydrogen-bond donors (Lipinski definition) is 2. The number of nitrogens with zero attached hydrogens (tertiary/aromatic N) is 1. The van der Waals surface area contributed by atoms with Gasteiger partial charge in [-0.05, 0) is 18.2 Å². The Morgan fingerprint density at radius 3 is 2.14 bits per heavy atom. The summed E-state index contributed by atoms with van der Waals surface area (Å²) in [5, 5.41) is 17.8. The largest absolute Gasteiger partial charge is 0.482 e. The minimum absolute atomic E-state index is 0.179. The van der Waals surface area contributed by atoms with Crippen LogP contribution in [0, 0.1) is 0 Å². The molecule has 0 spiro atoms. The highest BCUT2D eigenvalue weighted by molar-refractivity contribution is 6.35. The molecule has 9 heteroatoms. The highest BCUT2D eigenvalue weighted by Crippen LogP contribution is 2.27. The van der Waals surface area contributed by atoms with Crippen LogP contribution in [0.15, 0.2) is 18.2 Å². The maximum Gasteiger partial charge on any atom is 0.323 e. The molecule has 0 aliphatic rings. The molecule has 0 atom stereocenters. The number of aliphatic carboxylic acids is 2. The standard InChI is InChI=1S/C12H11Cl2NO6/c13-7-1-2-9(8(14)3-7)21-6-10(16)15(4-11(17)18)5-12(19)20/h1-3H,4-6H2,(H,17,18)(H,19,20). The van der Waals surface area contributed by atoms with E-state index in [2.05, 4.69) is 0 Å². The molecule has 0 heterocycles. The second-order valence-electron chi connectivity index (χ2n) is 3.90. The lowest BCUT2D eigenvalue weighted by atomic mass is 10.3. The molecule has 1 aromatic rings. The SMILES string of the molecule is O=C(O)CN(CC(=O)O)C(=O)COc1ccc(Cl)cc1Cl. The van der Waals surface area contributed by atoms with Crippen molar-refractivity contribution >= 4 is 41.0 Å². The topological polar surface area (TPSA) is 104 Å². The Morgan fingerprint density at radius 1 is 1.10 bits per heavy atom. The third-order valence-corrected chi connectivity index (χ3v) is 2.78. The minimum atomic E-state index is -1.32. The molecule has 0 aliphatic carbocycles. The van der Waals surface area contributed by atoms with Gasteiger partial charge in [0.25, 0.3) is 5.91 Å². The van der Waals surface area contributed by atoms with E-state index in [1.54, 1.807) is 0 Å². The smallest absolute Gasteiger partial charge is 0.323 e. The summed E-state index contributed by atoms with van der Waals surface area (Å²) < 4.78 is 5.13. The van der Waals surface area contributed by atoms with Crippen LogP contribution in [-0.4, -0.2) is 52.7 Å². The number of hydrogen-bond acceptors (Lipinski definition) is 4. The molecule has 2 N–H and O–H groups in total. The summed E-state index contributed by atoms with van der Waals surface area (Å²) >= 11 is 11.5. The van der Waals surface area contributed by atoms with E-state index in [-0.39, 0.29) is 10.8 Å². The maximum atomic E-state index is 11.8. The van der Waals surface area contributed by atoms with Crippen molar-refractivity contribution < 1.29 is 29.3 Å². The van der Waals surface area contributed by atoms with Crippen LogP contribution in [0.1, 0.15) is 0 Å². The van der Waals surface area contributed by atoms with Crippen molar-refractivity contribution in [3.8, 4) is 5.75 Å². The molecule has 1 aromatic carbocycles. The fourth-order valence-corrected chi connectivity index (χ4v) is 1.84. The molecule has 0 fully saturated rings. The first-order valence-corrected chi connectivity index (χ1v) is 6.34. The van der Waals surface area contributed by atoms with E-state index in [1.807, 2.05) is 0 Å². The number of benzene rings is 1. The van der Waals surface area contributed by atoms with Gasteiger partial charge in [0, 0.05) is 5.02 Å². The Labute approximate surface area is 129 Å². The van der Waals surface area contributed by atoms with Crippen LogP contribution in [0.5, 0.6) is 5.75 Å². The van der Waals surface area contributed by atoms with E-state index >= 15 is 0 Å². The molecule has 0 bridgehead atoms. The molecule has 0 saturated carbocycles. The fraction of sp³-hybridized carbons (Fsp3) is 0.250. The van der Waals surface area contributed by atoms with Crippen LogP contribution in [-0.2, 0) is 14.4 Å². The summed E-state index contributed by atoms with van der Waals surface area (Å²) in [5.41, 5.74) is 0. The van der Waals surface area contributed by atoms with Gasteiger partial charge in [-0.1, -0.05) is 23.2 Å². The van der Waals surface area contributed by atoms with Gasteiger partial charge in [-0.15, -0.1) is 0 Å². The van der Waals surface area contributed by atoms with Crippen LogP contribution in [0.25, 0.3) is 0 Å². The van der Waals surface area contributed by atoms with E-state index in [0.717, 1.165) is 0 Å². The molecule has 1 rings (SSSR count). The average Bonchev–Trinajstić information content (AvgIpc) is 2.35. The number of ether oxygens (including phenoxy) is 1. The monoisotopic (exact) mass is 335 g/mol. The van der Waals surface area contributed by atoms with Crippen molar-refractivity contribution in [2.75, 3.05) is 19.7 Å². The molecule has 1 amide bonds. The van der Waals surface area contributed by atoms with E-state index < -0.39 is 37.5 Å². The average molecular weight is 336 g/mol. The zero-order valence-corrected chi connectivity index (χ0v) is 12.1. The summed E-state index contributed by atoms with van der Waals surface area (Å²) in [6.07, 6.45) is 0. The van der Waals surface area contributed by atoms with E-state index in [9.17, 15) is 14.4 Å². The number of halogens is 2. The van der Waals surface area contributed by atoms with Crippen molar-refractivity contribution in [2.45, 2.75) is 0 Å². The Bertz CT molecular complexity index is 547. The van der Waals surface area contributed by atoms with Gasteiger partial charge in [0.2, 0.25) is 0 Å². The van der Waals surface area contributed by atoms with Gasteiger partial charge in [-0.3, -0.25) is 14.4 Å². The van der Waals surface area contributed by atoms with Gasteiger partial charge in [0.05, 0.1) is 5.02 Å². The van der Waals surface area contributed by atoms with Crippen molar-refractivity contribution in [3.63, 3.8) is 0 Å². The van der Waals surface area contributed by atoms with Crippen LogP contribution in [0.2, 0.25) is 10.0 Å². The zero-order chi connectivity index (χ0) is 16.0. The molecule has 114 valence electrons. The van der Waals surface area contributed by atoms with E-state index in [1.165, 1.54) is 18.2 Å². The molecule has 0 aliphatic heterocycles. The lowest BCUT2D eigenvalue weighted by Gasteiger charge is -2.18. The van der Waals surface area contributed by atoms with Crippen LogP contribution in [0.3, 0.4) is 0 Å². The summed E-state index contributed by atoms with van der Waals surface area (Å²) in [5.74, 6) is -3.26. The van der Waals surface area contributed by atoms with E-state index in [4.69, 9.17) is 38.2 Å². The van der Waals surface area contributed by atoms with Gasteiger partial charge in [-0.2, -0.15) is 0 Å². The van der Waals surface area contributed by atoms with Crippen molar-refractivity contribution in [3.05, 3.63) is 28.2 Å². The summed E-state index contributed by atoms with van der Waals surface area (Å²) in [7, 11) is 0. The van der Waals surface area contributed by atoms with Crippen molar-refractivity contribution in [1.29, 1.82) is 0 Å². The first kappa shape index (κ1) is 17.1. The van der Waals surface area contributed by atoms with Crippen molar-refractivity contribution in [1.82, 2.24) is 4.90 Å².